The number of nitrogens with one attached hydrogen (secondary N) is 1. The van der Waals surface area contributed by atoms with E-state index < -0.39 is 11.5 Å². The van der Waals surface area contributed by atoms with Crippen molar-refractivity contribution in [2.75, 3.05) is 13.7 Å². The first-order chi connectivity index (χ1) is 7.21. The number of carbonyl (C=O) groups is 1. The molecular weight excluding hydrogens is 206 g/mol. The van der Waals surface area contributed by atoms with Crippen LogP contribution in [0.25, 0.3) is 0 Å². The van der Waals surface area contributed by atoms with Crippen molar-refractivity contribution in [3.8, 4) is 0 Å². The van der Waals surface area contributed by atoms with E-state index in [1.807, 2.05) is 20.8 Å². The molecule has 0 aromatic heterocycles. The van der Waals surface area contributed by atoms with Crippen LogP contribution in [0.3, 0.4) is 0 Å². The zero-order chi connectivity index (χ0) is 12.8. The Kier molecular flexibility index (Phi) is 5.97. The van der Waals surface area contributed by atoms with E-state index in [9.17, 15) is 4.79 Å². The summed E-state index contributed by atoms with van der Waals surface area (Å²) in [5.74, 6) is -0.799. The van der Waals surface area contributed by atoms with Crippen LogP contribution in [0.1, 0.15) is 47.0 Å². The number of aliphatic carboxylic acids is 1. The van der Waals surface area contributed by atoms with E-state index in [0.29, 0.717) is 13.0 Å². The second-order valence-electron chi connectivity index (χ2n) is 5.31. The van der Waals surface area contributed by atoms with Crippen molar-refractivity contribution in [1.29, 1.82) is 0 Å². The van der Waals surface area contributed by atoms with Crippen LogP contribution in [0.4, 0.5) is 0 Å². The quantitative estimate of drug-likeness (QED) is 0.658. The zero-order valence-electron chi connectivity index (χ0n) is 11.1. The third kappa shape index (κ3) is 6.08. The maximum Gasteiger partial charge on any atom is 0.323 e. The third-order valence-corrected chi connectivity index (χ3v) is 2.63. The third-order valence-electron chi connectivity index (χ3n) is 2.63. The van der Waals surface area contributed by atoms with Gasteiger partial charge in [-0.1, -0.05) is 0 Å². The Morgan fingerprint density at radius 2 is 1.81 bits per heavy atom. The topological polar surface area (TPSA) is 58.6 Å². The number of hydrogen-bond donors (Lipinski definition) is 2. The first-order valence-electron chi connectivity index (χ1n) is 5.77. The molecule has 4 heteroatoms. The summed E-state index contributed by atoms with van der Waals surface area (Å²) >= 11 is 0. The molecule has 0 saturated heterocycles. The van der Waals surface area contributed by atoms with Crippen molar-refractivity contribution < 1.29 is 14.6 Å². The Morgan fingerprint density at radius 1 is 1.25 bits per heavy atom. The molecule has 0 aliphatic rings. The molecule has 0 heterocycles. The van der Waals surface area contributed by atoms with E-state index in [1.54, 1.807) is 14.0 Å². The molecule has 16 heavy (non-hydrogen) atoms. The zero-order valence-corrected chi connectivity index (χ0v) is 11.1. The molecule has 2 N–H and O–H groups in total. The summed E-state index contributed by atoms with van der Waals surface area (Å²) in [5.41, 5.74) is -0.930. The molecule has 0 rings (SSSR count). The van der Waals surface area contributed by atoms with Crippen LogP contribution in [-0.2, 0) is 9.53 Å². The van der Waals surface area contributed by atoms with E-state index in [1.165, 1.54) is 0 Å². The molecule has 0 amide bonds. The van der Waals surface area contributed by atoms with Crippen molar-refractivity contribution in [2.24, 2.45) is 0 Å². The predicted octanol–water partition coefficient (Wildman–Crippen LogP) is 2.03. The molecule has 1 unspecified atom stereocenters. The van der Waals surface area contributed by atoms with E-state index in [2.05, 4.69) is 5.32 Å². The number of rotatable bonds is 7. The molecule has 0 saturated carbocycles. The maximum absolute atomic E-state index is 11.0. The van der Waals surface area contributed by atoms with Gasteiger partial charge in [0.2, 0.25) is 0 Å². The van der Waals surface area contributed by atoms with Crippen molar-refractivity contribution in [3.63, 3.8) is 0 Å². The highest BCUT2D eigenvalue weighted by molar-refractivity contribution is 5.78. The predicted molar refractivity (Wildman–Crippen MR) is 64.7 cm³/mol. The van der Waals surface area contributed by atoms with Gasteiger partial charge < -0.3 is 15.2 Å². The van der Waals surface area contributed by atoms with Crippen LogP contribution in [0.15, 0.2) is 0 Å². The van der Waals surface area contributed by atoms with E-state index >= 15 is 0 Å². The average molecular weight is 231 g/mol. The fourth-order valence-electron chi connectivity index (χ4n) is 1.30. The molecule has 0 aliphatic heterocycles. The molecule has 0 aliphatic carbocycles. The highest BCUT2D eigenvalue weighted by Gasteiger charge is 2.30. The lowest BCUT2D eigenvalue weighted by Crippen LogP contribution is -2.47. The van der Waals surface area contributed by atoms with Gasteiger partial charge in [-0.3, -0.25) is 4.79 Å². The van der Waals surface area contributed by atoms with Crippen LogP contribution >= 0.6 is 0 Å². The summed E-state index contributed by atoms with van der Waals surface area (Å²) < 4.78 is 5.57. The minimum absolute atomic E-state index is 0.112. The van der Waals surface area contributed by atoms with E-state index in [-0.39, 0.29) is 5.60 Å². The van der Waals surface area contributed by atoms with Crippen LogP contribution in [-0.4, -0.2) is 35.9 Å². The van der Waals surface area contributed by atoms with Crippen molar-refractivity contribution in [3.05, 3.63) is 0 Å². The van der Waals surface area contributed by atoms with E-state index in [0.717, 1.165) is 12.8 Å². The second kappa shape index (κ2) is 6.21. The Hall–Kier alpha value is -0.610. The Bertz CT molecular complexity index is 223. The number of likely N-dealkylation sites (N-methyl/N-ethyl adjacent to an activating group) is 1. The number of carboxylic acid groups (broad SMARTS) is 1. The van der Waals surface area contributed by atoms with E-state index in [4.69, 9.17) is 9.84 Å². The van der Waals surface area contributed by atoms with Crippen LogP contribution < -0.4 is 5.32 Å². The normalized spacial score (nSPS) is 15.8. The smallest absolute Gasteiger partial charge is 0.323 e. The van der Waals surface area contributed by atoms with Crippen molar-refractivity contribution in [2.45, 2.75) is 58.1 Å². The largest absolute Gasteiger partial charge is 0.480 e. The fourth-order valence-corrected chi connectivity index (χ4v) is 1.30. The number of unbranched alkanes of at least 4 members (excludes halogenated alkanes) is 1. The molecule has 4 nitrogen and oxygen atoms in total. The van der Waals surface area contributed by atoms with Gasteiger partial charge in [-0.05, 0) is 54.0 Å². The fraction of sp³-hybridized carbons (Fsp3) is 0.917. The second-order valence-corrected chi connectivity index (χ2v) is 5.31. The average Bonchev–Trinajstić information content (AvgIpc) is 2.14. The first-order valence-corrected chi connectivity index (χ1v) is 5.77. The van der Waals surface area contributed by atoms with Crippen LogP contribution in [0.2, 0.25) is 0 Å². The molecule has 0 bridgehead atoms. The van der Waals surface area contributed by atoms with Gasteiger partial charge in [0.15, 0.2) is 0 Å². The van der Waals surface area contributed by atoms with Gasteiger partial charge in [0.25, 0.3) is 0 Å². The summed E-state index contributed by atoms with van der Waals surface area (Å²) in [6, 6.07) is 0. The number of carboxylic acids is 1. The first kappa shape index (κ1) is 15.4. The summed E-state index contributed by atoms with van der Waals surface area (Å²) in [7, 11) is 1.68. The molecule has 0 fully saturated rings. The molecule has 0 spiro atoms. The summed E-state index contributed by atoms with van der Waals surface area (Å²) in [4.78, 5) is 11.0. The molecule has 0 aromatic carbocycles. The monoisotopic (exact) mass is 231 g/mol. The van der Waals surface area contributed by atoms with Gasteiger partial charge in [-0.15, -0.1) is 0 Å². The van der Waals surface area contributed by atoms with Crippen molar-refractivity contribution in [1.82, 2.24) is 5.32 Å². The summed E-state index contributed by atoms with van der Waals surface area (Å²) in [5, 5.41) is 11.9. The molecule has 0 radical (unpaired) electrons. The standard InChI is InChI=1S/C12H25NO3/c1-11(2,3)16-9-7-6-8-12(4,13-5)10(14)15/h13H,6-9H2,1-5H3,(H,14,15). The minimum Gasteiger partial charge on any atom is -0.480 e. The summed E-state index contributed by atoms with van der Waals surface area (Å²) in [6.07, 6.45) is 2.36. The Labute approximate surface area is 98.4 Å². The number of hydrogen-bond acceptors (Lipinski definition) is 3. The number of ether oxygens (including phenoxy) is 1. The van der Waals surface area contributed by atoms with Gasteiger partial charge in [0.1, 0.15) is 5.54 Å². The Balaban J connectivity index is 3.77. The molecule has 96 valence electrons. The molecule has 1 atom stereocenters. The lowest BCUT2D eigenvalue weighted by atomic mass is 9.95. The van der Waals surface area contributed by atoms with Gasteiger partial charge in [0.05, 0.1) is 5.60 Å². The van der Waals surface area contributed by atoms with Gasteiger partial charge in [0, 0.05) is 6.61 Å². The molecular formula is C12H25NO3. The Morgan fingerprint density at radius 3 is 2.19 bits per heavy atom. The van der Waals surface area contributed by atoms with Crippen LogP contribution in [0, 0.1) is 0 Å². The van der Waals surface area contributed by atoms with Crippen molar-refractivity contribution >= 4 is 5.97 Å². The highest BCUT2D eigenvalue weighted by Crippen LogP contribution is 2.15. The SMILES string of the molecule is CNC(C)(CCCCOC(C)(C)C)C(=O)O. The van der Waals surface area contributed by atoms with Gasteiger partial charge in [-0.2, -0.15) is 0 Å². The lowest BCUT2D eigenvalue weighted by molar-refractivity contribution is -0.144. The highest BCUT2D eigenvalue weighted by atomic mass is 16.5. The van der Waals surface area contributed by atoms with Gasteiger partial charge >= 0.3 is 5.97 Å². The lowest BCUT2D eigenvalue weighted by Gasteiger charge is -2.24. The maximum atomic E-state index is 11.0. The minimum atomic E-state index is -0.818. The molecule has 0 aromatic rings. The van der Waals surface area contributed by atoms with Gasteiger partial charge in [-0.25, -0.2) is 0 Å². The van der Waals surface area contributed by atoms with Crippen LogP contribution in [0.5, 0.6) is 0 Å². The summed E-state index contributed by atoms with van der Waals surface area (Å²) in [6.45, 7) is 8.44.